The highest BCUT2D eigenvalue weighted by molar-refractivity contribution is 6.00. The van der Waals surface area contributed by atoms with Gasteiger partial charge in [0.15, 0.2) is 11.5 Å². The van der Waals surface area contributed by atoms with Crippen molar-refractivity contribution in [3.05, 3.63) is 48.2 Å². The van der Waals surface area contributed by atoms with E-state index >= 15 is 0 Å². The van der Waals surface area contributed by atoms with E-state index in [1.165, 1.54) is 12.8 Å². The standard InChI is InChI=1S/C28H33NO5/c1-5-33-25-17-26-22(23(18-34-26)20-10-11-24(31-3)27(15-20)32-4)16-21(25)19(2)14-28(30)29-12-8-6-7-9-13-29/h10-11,14-18H,5-9,12-13H2,1-4H3/b19-14+. The number of fused-ring (bicyclic) bond motifs is 1. The van der Waals surface area contributed by atoms with Crippen molar-refractivity contribution in [1.82, 2.24) is 4.90 Å². The number of benzene rings is 2. The van der Waals surface area contributed by atoms with Crippen molar-refractivity contribution in [3.8, 4) is 28.4 Å². The summed E-state index contributed by atoms with van der Waals surface area (Å²) in [6.07, 6.45) is 8.00. The van der Waals surface area contributed by atoms with E-state index in [0.717, 1.165) is 59.2 Å². The third-order valence-corrected chi connectivity index (χ3v) is 6.35. The van der Waals surface area contributed by atoms with Crippen LogP contribution in [-0.2, 0) is 4.79 Å². The van der Waals surface area contributed by atoms with E-state index in [-0.39, 0.29) is 5.91 Å². The lowest BCUT2D eigenvalue weighted by molar-refractivity contribution is -0.125. The molecule has 0 unspecified atom stereocenters. The number of hydrogen-bond donors (Lipinski definition) is 0. The monoisotopic (exact) mass is 463 g/mol. The maximum absolute atomic E-state index is 13.0. The molecule has 2 heterocycles. The molecular weight excluding hydrogens is 430 g/mol. The van der Waals surface area contributed by atoms with Crippen LogP contribution in [0.25, 0.3) is 27.7 Å². The fourth-order valence-electron chi connectivity index (χ4n) is 4.51. The molecule has 0 radical (unpaired) electrons. The zero-order valence-electron chi connectivity index (χ0n) is 20.5. The van der Waals surface area contributed by atoms with Gasteiger partial charge in [0.25, 0.3) is 0 Å². The van der Waals surface area contributed by atoms with Gasteiger partial charge in [0, 0.05) is 41.7 Å². The molecule has 0 saturated carbocycles. The highest BCUT2D eigenvalue weighted by Gasteiger charge is 2.18. The van der Waals surface area contributed by atoms with Gasteiger partial charge < -0.3 is 23.5 Å². The zero-order valence-corrected chi connectivity index (χ0v) is 20.5. The van der Waals surface area contributed by atoms with Gasteiger partial charge in [-0.05, 0) is 56.0 Å². The summed E-state index contributed by atoms with van der Waals surface area (Å²) in [5.74, 6) is 2.10. The number of allylic oxidation sites excluding steroid dienone is 1. The molecule has 1 saturated heterocycles. The van der Waals surface area contributed by atoms with Crippen molar-refractivity contribution < 1.29 is 23.4 Å². The van der Waals surface area contributed by atoms with Gasteiger partial charge in [0.2, 0.25) is 5.91 Å². The van der Waals surface area contributed by atoms with Gasteiger partial charge in [-0.3, -0.25) is 4.79 Å². The molecule has 0 N–H and O–H groups in total. The van der Waals surface area contributed by atoms with Crippen molar-refractivity contribution in [2.24, 2.45) is 0 Å². The van der Waals surface area contributed by atoms with Crippen LogP contribution in [-0.4, -0.2) is 44.7 Å². The number of hydrogen-bond acceptors (Lipinski definition) is 5. The Bertz CT molecular complexity index is 1180. The molecule has 0 atom stereocenters. The number of carbonyl (C=O) groups is 1. The number of rotatable bonds is 7. The predicted octanol–water partition coefficient (Wildman–Crippen LogP) is 6.32. The van der Waals surface area contributed by atoms with E-state index in [4.69, 9.17) is 18.6 Å². The smallest absolute Gasteiger partial charge is 0.246 e. The first-order chi connectivity index (χ1) is 16.5. The number of carbonyl (C=O) groups excluding carboxylic acids is 1. The average molecular weight is 464 g/mol. The minimum absolute atomic E-state index is 0.0641. The van der Waals surface area contributed by atoms with Crippen LogP contribution in [0.15, 0.2) is 47.1 Å². The summed E-state index contributed by atoms with van der Waals surface area (Å²) >= 11 is 0. The molecule has 6 heteroatoms. The van der Waals surface area contributed by atoms with Gasteiger partial charge >= 0.3 is 0 Å². The average Bonchev–Trinajstić information content (AvgIpc) is 3.06. The fourth-order valence-corrected chi connectivity index (χ4v) is 4.51. The van der Waals surface area contributed by atoms with Gasteiger partial charge in [-0.2, -0.15) is 0 Å². The maximum atomic E-state index is 13.0. The van der Waals surface area contributed by atoms with Crippen LogP contribution in [0.2, 0.25) is 0 Å². The minimum Gasteiger partial charge on any atom is -0.493 e. The van der Waals surface area contributed by atoms with Crippen molar-refractivity contribution in [1.29, 1.82) is 0 Å². The van der Waals surface area contributed by atoms with E-state index in [2.05, 4.69) is 6.07 Å². The van der Waals surface area contributed by atoms with Crippen molar-refractivity contribution in [2.75, 3.05) is 33.9 Å². The van der Waals surface area contributed by atoms with Crippen molar-refractivity contribution in [2.45, 2.75) is 39.5 Å². The van der Waals surface area contributed by atoms with Gasteiger partial charge in [0.05, 0.1) is 27.1 Å². The molecule has 6 nitrogen and oxygen atoms in total. The van der Waals surface area contributed by atoms with E-state index in [1.54, 1.807) is 26.6 Å². The fraction of sp³-hybridized carbons (Fsp3) is 0.393. The summed E-state index contributed by atoms with van der Waals surface area (Å²) in [5, 5.41) is 0.945. The van der Waals surface area contributed by atoms with E-state index < -0.39 is 0 Å². The minimum atomic E-state index is 0.0641. The molecule has 1 aliphatic heterocycles. The molecule has 0 aliphatic carbocycles. The predicted molar refractivity (Wildman–Crippen MR) is 135 cm³/mol. The van der Waals surface area contributed by atoms with Crippen LogP contribution in [0.1, 0.15) is 45.1 Å². The zero-order chi connectivity index (χ0) is 24.1. The van der Waals surface area contributed by atoms with Crippen molar-refractivity contribution in [3.63, 3.8) is 0 Å². The third kappa shape index (κ3) is 4.91. The lowest BCUT2D eigenvalue weighted by Crippen LogP contribution is -2.30. The van der Waals surface area contributed by atoms with Crippen LogP contribution in [0, 0.1) is 0 Å². The van der Waals surface area contributed by atoms with E-state index in [9.17, 15) is 4.79 Å². The van der Waals surface area contributed by atoms with Crippen molar-refractivity contribution >= 4 is 22.4 Å². The molecule has 1 aromatic heterocycles. The topological polar surface area (TPSA) is 61.1 Å². The molecule has 3 aromatic rings. The molecule has 34 heavy (non-hydrogen) atoms. The second kappa shape index (κ2) is 10.7. The molecule has 180 valence electrons. The van der Waals surface area contributed by atoms with Crippen LogP contribution in [0.4, 0.5) is 0 Å². The third-order valence-electron chi connectivity index (χ3n) is 6.35. The summed E-state index contributed by atoms with van der Waals surface area (Å²) in [6, 6.07) is 9.76. The SMILES string of the molecule is CCOc1cc2occ(-c3ccc(OC)c(OC)c3)c2cc1/C(C)=C/C(=O)N1CCCCCC1. The normalized spacial score (nSPS) is 14.7. The summed E-state index contributed by atoms with van der Waals surface area (Å²) in [6.45, 7) is 6.09. The number of furan rings is 1. The Labute approximate surface area is 201 Å². The largest absolute Gasteiger partial charge is 0.493 e. The Morgan fingerprint density at radius 2 is 1.74 bits per heavy atom. The molecule has 4 rings (SSSR count). The Hall–Kier alpha value is -3.41. The molecule has 1 amide bonds. The summed E-state index contributed by atoms with van der Waals surface area (Å²) in [5.41, 5.74) is 4.38. The first-order valence-electron chi connectivity index (χ1n) is 11.9. The van der Waals surface area contributed by atoms with Gasteiger partial charge in [-0.1, -0.05) is 18.9 Å². The molecule has 2 aromatic carbocycles. The van der Waals surface area contributed by atoms with Gasteiger partial charge in [0.1, 0.15) is 11.3 Å². The van der Waals surface area contributed by atoms with Crippen LogP contribution >= 0.6 is 0 Å². The first kappa shape index (κ1) is 23.7. The highest BCUT2D eigenvalue weighted by atomic mass is 16.5. The van der Waals surface area contributed by atoms with Crippen LogP contribution < -0.4 is 14.2 Å². The van der Waals surface area contributed by atoms with E-state index in [1.807, 2.05) is 43.0 Å². The Morgan fingerprint density at radius 3 is 2.41 bits per heavy atom. The molecule has 0 spiro atoms. The van der Waals surface area contributed by atoms with Gasteiger partial charge in [-0.15, -0.1) is 0 Å². The summed E-state index contributed by atoms with van der Waals surface area (Å²) < 4.78 is 22.7. The number of methoxy groups -OCH3 is 2. The lowest BCUT2D eigenvalue weighted by Gasteiger charge is -2.19. The van der Waals surface area contributed by atoms with Gasteiger partial charge in [-0.25, -0.2) is 0 Å². The molecular formula is C28H33NO5. The second-order valence-corrected chi connectivity index (χ2v) is 8.56. The summed E-state index contributed by atoms with van der Waals surface area (Å²) in [4.78, 5) is 15.0. The van der Waals surface area contributed by atoms with Crippen LogP contribution in [0.3, 0.4) is 0 Å². The number of likely N-dealkylation sites (tertiary alicyclic amines) is 1. The number of amides is 1. The number of ether oxygens (including phenoxy) is 3. The number of nitrogens with zero attached hydrogens (tertiary/aromatic N) is 1. The maximum Gasteiger partial charge on any atom is 0.246 e. The highest BCUT2D eigenvalue weighted by Crippen LogP contribution is 2.40. The molecule has 0 bridgehead atoms. The Morgan fingerprint density at radius 1 is 1.00 bits per heavy atom. The Balaban J connectivity index is 1.75. The van der Waals surface area contributed by atoms with E-state index in [0.29, 0.717) is 23.9 Å². The first-order valence-corrected chi connectivity index (χ1v) is 11.9. The molecule has 1 aliphatic rings. The molecule has 1 fully saturated rings. The van der Waals surface area contributed by atoms with Crippen LogP contribution in [0.5, 0.6) is 17.2 Å². The Kier molecular flexibility index (Phi) is 7.46. The quantitative estimate of drug-likeness (QED) is 0.384. The second-order valence-electron chi connectivity index (χ2n) is 8.56. The summed E-state index contributed by atoms with van der Waals surface area (Å²) in [7, 11) is 3.24. The lowest BCUT2D eigenvalue weighted by atomic mass is 9.99.